The Morgan fingerprint density at radius 2 is 1.75 bits per heavy atom. The van der Waals surface area contributed by atoms with Crippen molar-refractivity contribution in [1.29, 1.82) is 0 Å². The minimum atomic E-state index is -2.41. The number of benzene rings is 1. The van der Waals surface area contributed by atoms with Crippen molar-refractivity contribution in [3.05, 3.63) is 39.5 Å². The third-order valence-electron chi connectivity index (χ3n) is 2.32. The van der Waals surface area contributed by atoms with Gasteiger partial charge in [-0.3, -0.25) is 0 Å². The Bertz CT molecular complexity index is 388. The van der Waals surface area contributed by atoms with Gasteiger partial charge in [0.25, 0.3) is 0 Å². The van der Waals surface area contributed by atoms with Gasteiger partial charge in [-0.15, -0.1) is 0 Å². The molecule has 0 amide bonds. The van der Waals surface area contributed by atoms with Crippen LogP contribution >= 0.6 is 0 Å². The average molecular weight is 325 g/mol. The van der Waals surface area contributed by atoms with Gasteiger partial charge in [0, 0.05) is 0 Å². The SMILES string of the molecule is COC(=O)/[C](=C\c1ccccc1)[Sn]([CH3])([CH3])[CH3]. The molecular formula is C13H18O2Sn. The van der Waals surface area contributed by atoms with Gasteiger partial charge in [0.2, 0.25) is 0 Å². The van der Waals surface area contributed by atoms with Gasteiger partial charge in [-0.05, 0) is 0 Å². The van der Waals surface area contributed by atoms with Gasteiger partial charge < -0.3 is 0 Å². The zero-order valence-electron chi connectivity index (χ0n) is 10.3. The first kappa shape index (κ1) is 13.3. The van der Waals surface area contributed by atoms with Gasteiger partial charge in [0.15, 0.2) is 0 Å². The van der Waals surface area contributed by atoms with Crippen LogP contribution in [0.2, 0.25) is 14.8 Å². The fourth-order valence-corrected chi connectivity index (χ4v) is 5.16. The first-order valence-electron chi connectivity index (χ1n) is 5.30. The Morgan fingerprint density at radius 3 is 2.19 bits per heavy atom. The molecule has 1 rings (SSSR count). The summed E-state index contributed by atoms with van der Waals surface area (Å²) in [5.74, 6) is -0.174. The van der Waals surface area contributed by atoms with Gasteiger partial charge >= 0.3 is 101 Å². The van der Waals surface area contributed by atoms with E-state index in [1.165, 1.54) is 7.11 Å². The van der Waals surface area contributed by atoms with Gasteiger partial charge in [-0.25, -0.2) is 0 Å². The summed E-state index contributed by atoms with van der Waals surface area (Å²) in [4.78, 5) is 18.4. The normalized spacial score (nSPS) is 12.4. The van der Waals surface area contributed by atoms with E-state index in [-0.39, 0.29) is 5.97 Å². The third kappa shape index (κ3) is 3.67. The van der Waals surface area contributed by atoms with Crippen LogP contribution in [-0.2, 0) is 9.53 Å². The third-order valence-corrected chi connectivity index (χ3v) is 7.93. The first-order chi connectivity index (χ1) is 7.45. The van der Waals surface area contributed by atoms with Crippen molar-refractivity contribution in [2.75, 3.05) is 7.11 Å². The van der Waals surface area contributed by atoms with E-state index in [1.54, 1.807) is 0 Å². The molecule has 0 heterocycles. The molecule has 0 aromatic heterocycles. The summed E-state index contributed by atoms with van der Waals surface area (Å²) in [6, 6.07) is 9.91. The van der Waals surface area contributed by atoms with Crippen LogP contribution in [0, 0.1) is 0 Å². The second kappa shape index (κ2) is 5.53. The van der Waals surface area contributed by atoms with Gasteiger partial charge in [-0.2, -0.15) is 0 Å². The van der Waals surface area contributed by atoms with Crippen LogP contribution in [0.15, 0.2) is 33.9 Å². The minimum absolute atomic E-state index is 0.174. The second-order valence-electron chi connectivity index (χ2n) is 4.71. The Morgan fingerprint density at radius 1 is 1.19 bits per heavy atom. The zero-order valence-corrected chi connectivity index (χ0v) is 13.1. The monoisotopic (exact) mass is 326 g/mol. The van der Waals surface area contributed by atoms with E-state index in [2.05, 4.69) is 14.8 Å². The molecule has 0 atom stereocenters. The number of carbonyl (C=O) groups is 1. The molecule has 3 heteroatoms. The maximum absolute atomic E-state index is 11.7. The molecule has 0 radical (unpaired) electrons. The predicted octanol–water partition coefficient (Wildman–Crippen LogP) is 3.12. The molecule has 2 nitrogen and oxygen atoms in total. The molecular weight excluding hydrogens is 307 g/mol. The average Bonchev–Trinajstić information content (AvgIpc) is 2.25. The molecule has 0 unspecified atom stereocenters. The summed E-state index contributed by atoms with van der Waals surface area (Å²) < 4.78 is 5.75. The number of ether oxygens (including phenoxy) is 1. The van der Waals surface area contributed by atoms with Crippen molar-refractivity contribution in [2.45, 2.75) is 14.8 Å². The number of methoxy groups -OCH3 is 1. The van der Waals surface area contributed by atoms with Crippen LogP contribution < -0.4 is 0 Å². The Labute approximate surface area is 101 Å². The molecule has 0 aliphatic rings. The molecule has 1 aromatic rings. The standard InChI is InChI=1S/C10H9O2.3CH3.Sn/c1-12-10(11)8-7-9-5-3-2-4-6-9;;;;/h2-7H,1H3;3*1H3;. The Hall–Kier alpha value is -0.771. The van der Waals surface area contributed by atoms with Crippen LogP contribution in [0.25, 0.3) is 6.08 Å². The molecule has 0 N–H and O–H groups in total. The number of esters is 1. The van der Waals surface area contributed by atoms with Crippen LogP contribution in [0.1, 0.15) is 5.56 Å². The molecule has 0 bridgehead atoms. The van der Waals surface area contributed by atoms with E-state index in [9.17, 15) is 4.79 Å². The summed E-state index contributed by atoms with van der Waals surface area (Å²) in [5, 5.41) is 0. The molecule has 0 aliphatic heterocycles. The molecule has 86 valence electrons. The summed E-state index contributed by atoms with van der Waals surface area (Å²) >= 11 is -2.41. The molecule has 0 spiro atoms. The molecule has 0 fully saturated rings. The van der Waals surface area contributed by atoms with E-state index in [1.807, 2.05) is 36.4 Å². The van der Waals surface area contributed by atoms with Crippen molar-refractivity contribution in [2.24, 2.45) is 0 Å². The topological polar surface area (TPSA) is 26.3 Å². The maximum atomic E-state index is 11.7. The summed E-state index contributed by atoms with van der Waals surface area (Å²) in [6.45, 7) is 0. The summed E-state index contributed by atoms with van der Waals surface area (Å²) in [7, 11) is 1.44. The number of carbonyl (C=O) groups excluding carboxylic acids is 1. The fraction of sp³-hybridized carbons (Fsp3) is 0.308. The summed E-state index contributed by atoms with van der Waals surface area (Å²) in [5.41, 5.74) is 1.06. The zero-order chi connectivity index (χ0) is 12.2. The quantitative estimate of drug-likeness (QED) is 0.485. The van der Waals surface area contributed by atoms with Gasteiger partial charge in [0.05, 0.1) is 0 Å². The van der Waals surface area contributed by atoms with Crippen LogP contribution in [0.4, 0.5) is 0 Å². The number of hydrogen-bond acceptors (Lipinski definition) is 2. The predicted molar refractivity (Wildman–Crippen MR) is 69.8 cm³/mol. The van der Waals surface area contributed by atoms with Crippen molar-refractivity contribution in [3.63, 3.8) is 0 Å². The van der Waals surface area contributed by atoms with Crippen molar-refractivity contribution in [1.82, 2.24) is 0 Å². The number of rotatable bonds is 3. The molecule has 1 aromatic carbocycles. The van der Waals surface area contributed by atoms with E-state index in [0.717, 1.165) is 9.15 Å². The second-order valence-corrected chi connectivity index (χ2v) is 19.1. The van der Waals surface area contributed by atoms with Gasteiger partial charge in [-0.1, -0.05) is 0 Å². The van der Waals surface area contributed by atoms with Crippen LogP contribution in [-0.4, -0.2) is 31.5 Å². The van der Waals surface area contributed by atoms with Crippen LogP contribution in [0.5, 0.6) is 0 Å². The molecule has 0 aliphatic carbocycles. The van der Waals surface area contributed by atoms with E-state index < -0.39 is 18.4 Å². The first-order valence-corrected chi connectivity index (χ1v) is 15.3. The molecule has 0 saturated carbocycles. The van der Waals surface area contributed by atoms with Crippen molar-refractivity contribution < 1.29 is 9.53 Å². The molecule has 16 heavy (non-hydrogen) atoms. The Balaban J connectivity index is 3.12. The van der Waals surface area contributed by atoms with Gasteiger partial charge in [0.1, 0.15) is 0 Å². The summed E-state index contributed by atoms with van der Waals surface area (Å²) in [6.07, 6.45) is 1.97. The fourth-order valence-electron chi connectivity index (χ4n) is 1.41. The van der Waals surface area contributed by atoms with Crippen molar-refractivity contribution in [3.8, 4) is 0 Å². The van der Waals surface area contributed by atoms with Crippen LogP contribution in [0.3, 0.4) is 0 Å². The van der Waals surface area contributed by atoms with Crippen molar-refractivity contribution >= 4 is 30.4 Å². The Kier molecular flexibility index (Phi) is 4.59. The van der Waals surface area contributed by atoms with E-state index in [0.29, 0.717) is 0 Å². The number of hydrogen-bond donors (Lipinski definition) is 0. The van der Waals surface area contributed by atoms with E-state index in [4.69, 9.17) is 4.74 Å². The molecule has 0 saturated heterocycles. The van der Waals surface area contributed by atoms with E-state index >= 15 is 0 Å².